The maximum Gasteiger partial charge on any atom is 0.359 e. The summed E-state index contributed by atoms with van der Waals surface area (Å²) < 4.78 is 14.7. The van der Waals surface area contributed by atoms with Crippen molar-refractivity contribution in [1.82, 2.24) is 0 Å². The van der Waals surface area contributed by atoms with Crippen LogP contribution in [-0.2, 0) is 14.2 Å². The second-order valence-corrected chi connectivity index (χ2v) is 1.74. The summed E-state index contributed by atoms with van der Waals surface area (Å²) in [6.07, 6.45) is 6.53. The van der Waals surface area contributed by atoms with Gasteiger partial charge in [-0.3, -0.25) is 0 Å². The fourth-order valence-electron chi connectivity index (χ4n) is 0.429. The highest BCUT2D eigenvalue weighted by atomic mass is 16.8. The topological polar surface area (TPSA) is 27.7 Å². The van der Waals surface area contributed by atoms with Crippen LogP contribution in [0.5, 0.6) is 0 Å². The SMILES string of the molecule is C/C=C\OC(OC)O/C=C\C. The first kappa shape index (κ1) is 10.0. The maximum absolute atomic E-state index is 4.97. The molecule has 0 aliphatic heterocycles. The fraction of sp³-hybridized carbons (Fsp3) is 0.500. The molecule has 0 aliphatic rings. The predicted octanol–water partition coefficient (Wildman–Crippen LogP) is 2.02. The molecule has 0 saturated heterocycles. The molecule has 0 aromatic heterocycles. The molecule has 0 radical (unpaired) electrons. The van der Waals surface area contributed by atoms with Crippen molar-refractivity contribution in [2.75, 3.05) is 7.11 Å². The van der Waals surface area contributed by atoms with E-state index in [2.05, 4.69) is 0 Å². The quantitative estimate of drug-likeness (QED) is 0.452. The summed E-state index contributed by atoms with van der Waals surface area (Å²) >= 11 is 0. The lowest BCUT2D eigenvalue weighted by Gasteiger charge is -2.12. The summed E-state index contributed by atoms with van der Waals surface area (Å²) in [5, 5.41) is 0. The summed E-state index contributed by atoms with van der Waals surface area (Å²) in [4.78, 5) is 0. The smallest absolute Gasteiger partial charge is 0.359 e. The summed E-state index contributed by atoms with van der Waals surface area (Å²) in [7, 11) is 1.51. The Hall–Kier alpha value is -0.960. The van der Waals surface area contributed by atoms with Crippen LogP contribution in [0.3, 0.4) is 0 Å². The molecule has 0 aliphatic carbocycles. The van der Waals surface area contributed by atoms with Crippen LogP contribution >= 0.6 is 0 Å². The van der Waals surface area contributed by atoms with E-state index >= 15 is 0 Å². The van der Waals surface area contributed by atoms with Crippen LogP contribution in [0.4, 0.5) is 0 Å². The highest BCUT2D eigenvalue weighted by Crippen LogP contribution is 1.96. The van der Waals surface area contributed by atoms with E-state index < -0.39 is 6.48 Å². The highest BCUT2D eigenvalue weighted by molar-refractivity contribution is 4.67. The van der Waals surface area contributed by atoms with Crippen molar-refractivity contribution in [1.29, 1.82) is 0 Å². The van der Waals surface area contributed by atoms with Crippen molar-refractivity contribution in [3.63, 3.8) is 0 Å². The monoisotopic (exact) mass is 158 g/mol. The third kappa shape index (κ3) is 5.48. The summed E-state index contributed by atoms with van der Waals surface area (Å²) in [6, 6.07) is 0. The minimum atomic E-state index is -0.651. The van der Waals surface area contributed by atoms with Crippen LogP contribution in [0.15, 0.2) is 24.7 Å². The first-order valence-electron chi connectivity index (χ1n) is 3.41. The number of methoxy groups -OCH3 is 1. The molecule has 0 aromatic rings. The van der Waals surface area contributed by atoms with E-state index in [1.165, 1.54) is 19.6 Å². The van der Waals surface area contributed by atoms with E-state index in [1.807, 2.05) is 13.8 Å². The van der Waals surface area contributed by atoms with Crippen molar-refractivity contribution < 1.29 is 14.2 Å². The van der Waals surface area contributed by atoms with Crippen LogP contribution in [0.2, 0.25) is 0 Å². The first-order chi connectivity index (χ1) is 5.35. The minimum absolute atomic E-state index is 0.651. The largest absolute Gasteiger partial charge is 0.441 e. The minimum Gasteiger partial charge on any atom is -0.441 e. The fourth-order valence-corrected chi connectivity index (χ4v) is 0.429. The van der Waals surface area contributed by atoms with Crippen LogP contribution < -0.4 is 0 Å². The zero-order valence-corrected chi connectivity index (χ0v) is 7.11. The Bertz CT molecular complexity index is 115. The van der Waals surface area contributed by atoms with Gasteiger partial charge in [-0.05, 0) is 13.8 Å². The number of ether oxygens (including phenoxy) is 3. The Labute approximate surface area is 67.3 Å². The van der Waals surface area contributed by atoms with Crippen LogP contribution in [0.1, 0.15) is 13.8 Å². The second-order valence-electron chi connectivity index (χ2n) is 1.74. The third-order valence-electron chi connectivity index (χ3n) is 0.844. The standard InChI is InChI=1S/C8H14O3/c1-4-6-10-8(9-3)11-7-5-2/h4-8H,1-3H3/b6-4-,7-5-. The Kier molecular flexibility index (Phi) is 6.53. The highest BCUT2D eigenvalue weighted by Gasteiger charge is 2.01. The van der Waals surface area contributed by atoms with Gasteiger partial charge in [-0.1, -0.05) is 12.2 Å². The molecule has 0 heterocycles. The van der Waals surface area contributed by atoms with Gasteiger partial charge in [-0.25, -0.2) is 0 Å². The average molecular weight is 158 g/mol. The van der Waals surface area contributed by atoms with E-state index in [0.29, 0.717) is 0 Å². The van der Waals surface area contributed by atoms with Crippen LogP contribution in [0.25, 0.3) is 0 Å². The van der Waals surface area contributed by atoms with E-state index in [-0.39, 0.29) is 0 Å². The number of hydrogen-bond donors (Lipinski definition) is 0. The van der Waals surface area contributed by atoms with E-state index in [9.17, 15) is 0 Å². The Morgan fingerprint density at radius 3 is 1.73 bits per heavy atom. The molecule has 0 saturated carbocycles. The van der Waals surface area contributed by atoms with Gasteiger partial charge < -0.3 is 14.2 Å². The normalized spacial score (nSPS) is 11.6. The molecular formula is C8H14O3. The van der Waals surface area contributed by atoms with Gasteiger partial charge in [0.1, 0.15) is 0 Å². The molecule has 0 atom stereocenters. The van der Waals surface area contributed by atoms with Gasteiger partial charge in [0.05, 0.1) is 12.5 Å². The van der Waals surface area contributed by atoms with Gasteiger partial charge in [-0.2, -0.15) is 0 Å². The van der Waals surface area contributed by atoms with Crippen molar-refractivity contribution in [3.8, 4) is 0 Å². The van der Waals surface area contributed by atoms with Gasteiger partial charge in [0.2, 0.25) is 0 Å². The number of allylic oxidation sites excluding steroid dienone is 2. The molecule has 0 spiro atoms. The van der Waals surface area contributed by atoms with Gasteiger partial charge in [0.15, 0.2) is 0 Å². The lowest BCUT2D eigenvalue weighted by atomic mass is 10.7. The summed E-state index contributed by atoms with van der Waals surface area (Å²) in [5.41, 5.74) is 0. The Morgan fingerprint density at radius 1 is 1.00 bits per heavy atom. The van der Waals surface area contributed by atoms with Crippen LogP contribution in [-0.4, -0.2) is 13.6 Å². The summed E-state index contributed by atoms with van der Waals surface area (Å²) in [6.45, 7) is 3.05. The van der Waals surface area contributed by atoms with E-state index in [0.717, 1.165) is 0 Å². The third-order valence-corrected chi connectivity index (χ3v) is 0.844. The molecule has 0 amide bonds. The number of hydrogen-bond acceptors (Lipinski definition) is 3. The van der Waals surface area contributed by atoms with Gasteiger partial charge in [0, 0.05) is 7.11 Å². The lowest BCUT2D eigenvalue weighted by Crippen LogP contribution is -2.13. The molecule has 0 N–H and O–H groups in total. The van der Waals surface area contributed by atoms with Crippen molar-refractivity contribution in [3.05, 3.63) is 24.7 Å². The van der Waals surface area contributed by atoms with Crippen molar-refractivity contribution in [2.24, 2.45) is 0 Å². The van der Waals surface area contributed by atoms with Crippen LogP contribution in [0, 0.1) is 0 Å². The van der Waals surface area contributed by atoms with Crippen molar-refractivity contribution in [2.45, 2.75) is 20.3 Å². The molecule has 0 rings (SSSR count). The van der Waals surface area contributed by atoms with Gasteiger partial charge in [-0.15, -0.1) is 0 Å². The molecule has 0 fully saturated rings. The van der Waals surface area contributed by atoms with Crippen molar-refractivity contribution >= 4 is 0 Å². The van der Waals surface area contributed by atoms with Gasteiger partial charge in [0.25, 0.3) is 0 Å². The molecule has 3 heteroatoms. The Morgan fingerprint density at radius 2 is 1.45 bits per heavy atom. The Balaban J connectivity index is 3.57. The zero-order valence-electron chi connectivity index (χ0n) is 7.11. The molecule has 11 heavy (non-hydrogen) atoms. The second kappa shape index (κ2) is 7.15. The molecule has 0 unspecified atom stereocenters. The zero-order chi connectivity index (χ0) is 8.53. The molecular weight excluding hydrogens is 144 g/mol. The van der Waals surface area contributed by atoms with Gasteiger partial charge >= 0.3 is 6.48 Å². The molecule has 64 valence electrons. The molecule has 3 nitrogen and oxygen atoms in total. The average Bonchev–Trinajstić information content (AvgIpc) is 2.05. The molecule has 0 aromatic carbocycles. The summed E-state index contributed by atoms with van der Waals surface area (Å²) in [5.74, 6) is 0. The van der Waals surface area contributed by atoms with E-state index in [1.54, 1.807) is 12.2 Å². The predicted molar refractivity (Wildman–Crippen MR) is 42.6 cm³/mol. The maximum atomic E-state index is 4.97. The first-order valence-corrected chi connectivity index (χ1v) is 3.41. The van der Waals surface area contributed by atoms with E-state index in [4.69, 9.17) is 14.2 Å². The lowest BCUT2D eigenvalue weighted by molar-refractivity contribution is -0.226. The molecule has 0 bridgehead atoms. The number of rotatable bonds is 5.